The van der Waals surface area contributed by atoms with Crippen LogP contribution in [0.3, 0.4) is 0 Å². The number of aromatic nitrogens is 2. The number of nitrogens with one attached hydrogen (secondary N) is 1. The number of carbonyl (C=O) groups is 2. The predicted molar refractivity (Wildman–Crippen MR) is 66.6 cm³/mol. The van der Waals surface area contributed by atoms with Gasteiger partial charge in [0, 0.05) is 0 Å². The molecule has 1 heterocycles. The molecular formula is C12H10AsN2O3. The maximum absolute atomic E-state index is 11.7. The summed E-state index contributed by atoms with van der Waals surface area (Å²) in [5, 5.41) is 15.2. The first-order valence-electron chi connectivity index (χ1n) is 5.21. The third kappa shape index (κ3) is 3.08. The Morgan fingerprint density at radius 1 is 1.28 bits per heavy atom. The van der Waals surface area contributed by atoms with Gasteiger partial charge in [-0.3, -0.25) is 0 Å². The van der Waals surface area contributed by atoms with Crippen molar-refractivity contribution in [1.82, 2.24) is 10.2 Å². The van der Waals surface area contributed by atoms with Gasteiger partial charge in [0.05, 0.1) is 0 Å². The van der Waals surface area contributed by atoms with Crippen LogP contribution in [-0.4, -0.2) is 41.6 Å². The summed E-state index contributed by atoms with van der Waals surface area (Å²) in [6, 6.07) is 11.1. The Balaban J connectivity index is 2.11. The van der Waals surface area contributed by atoms with Crippen molar-refractivity contribution < 1.29 is 14.7 Å². The van der Waals surface area contributed by atoms with E-state index in [2.05, 4.69) is 10.2 Å². The molecule has 1 radical (unpaired) electrons. The zero-order valence-electron chi connectivity index (χ0n) is 9.33. The van der Waals surface area contributed by atoms with E-state index in [1.54, 1.807) is 6.07 Å². The molecule has 0 saturated heterocycles. The van der Waals surface area contributed by atoms with Gasteiger partial charge in [0.15, 0.2) is 0 Å². The van der Waals surface area contributed by atoms with E-state index in [1.807, 2.05) is 30.3 Å². The van der Waals surface area contributed by atoms with Gasteiger partial charge in [0.25, 0.3) is 0 Å². The van der Waals surface area contributed by atoms with Crippen LogP contribution >= 0.6 is 0 Å². The number of nitrogens with zero attached hydrogens (tertiary/aromatic N) is 1. The predicted octanol–water partition coefficient (Wildman–Crippen LogP) is 1.42. The Morgan fingerprint density at radius 2 is 2.00 bits per heavy atom. The standard InChI is InChI=1S/C12H10AsN2O3/c16-11(17)7-13-12(18)10-6-9(14-15-10)8-4-2-1-3-5-8/h1-6H,7H2,(H,14,15)(H,16,17). The molecule has 91 valence electrons. The van der Waals surface area contributed by atoms with E-state index in [0.29, 0.717) is 11.4 Å². The van der Waals surface area contributed by atoms with Gasteiger partial charge >= 0.3 is 110 Å². The molecular weight excluding hydrogens is 295 g/mol. The molecule has 2 aromatic rings. The number of aliphatic carboxylic acids is 1. The number of carbonyl (C=O) groups excluding carboxylic acids is 1. The molecule has 0 fully saturated rings. The SMILES string of the molecule is O=C(O)C[As]C(=O)c1cc(-c2ccccc2)n[nH]1. The molecule has 18 heavy (non-hydrogen) atoms. The number of carboxylic acid groups (broad SMARTS) is 1. The van der Waals surface area contributed by atoms with E-state index >= 15 is 0 Å². The van der Waals surface area contributed by atoms with Crippen LogP contribution in [-0.2, 0) is 4.79 Å². The van der Waals surface area contributed by atoms with Crippen LogP contribution < -0.4 is 0 Å². The van der Waals surface area contributed by atoms with Crippen molar-refractivity contribution in [3.8, 4) is 11.3 Å². The molecule has 2 N–H and O–H groups in total. The summed E-state index contributed by atoms with van der Waals surface area (Å²) in [7, 11) is 0. The van der Waals surface area contributed by atoms with Gasteiger partial charge in [-0.05, 0) is 0 Å². The third-order valence-electron chi connectivity index (χ3n) is 2.24. The van der Waals surface area contributed by atoms with Gasteiger partial charge < -0.3 is 0 Å². The first kappa shape index (κ1) is 12.6. The summed E-state index contributed by atoms with van der Waals surface area (Å²) < 4.78 is -0.150. The molecule has 0 bridgehead atoms. The van der Waals surface area contributed by atoms with Crippen molar-refractivity contribution in [3.63, 3.8) is 0 Å². The summed E-state index contributed by atoms with van der Waals surface area (Å²) in [6.07, 6.45) is 0. The molecule has 0 spiro atoms. The van der Waals surface area contributed by atoms with Crippen molar-refractivity contribution in [1.29, 1.82) is 0 Å². The first-order valence-corrected chi connectivity index (χ1v) is 7.48. The van der Waals surface area contributed by atoms with Crippen molar-refractivity contribution in [2.75, 3.05) is 0 Å². The molecule has 0 aliphatic rings. The molecule has 0 amide bonds. The Morgan fingerprint density at radius 3 is 2.67 bits per heavy atom. The molecule has 0 unspecified atom stereocenters. The first-order chi connectivity index (χ1) is 8.66. The molecule has 2 rings (SSSR count). The molecule has 1 aromatic heterocycles. The number of rotatable bonds is 5. The Bertz CT molecular complexity index is 566. The summed E-state index contributed by atoms with van der Waals surface area (Å²) >= 11 is -0.875. The van der Waals surface area contributed by atoms with Gasteiger partial charge in [-0.25, -0.2) is 0 Å². The number of hydrogen-bond donors (Lipinski definition) is 2. The average molecular weight is 305 g/mol. The number of hydrogen-bond acceptors (Lipinski definition) is 3. The van der Waals surface area contributed by atoms with E-state index in [9.17, 15) is 9.59 Å². The number of aromatic amines is 1. The van der Waals surface area contributed by atoms with Crippen LogP contribution in [0.1, 0.15) is 10.5 Å². The van der Waals surface area contributed by atoms with E-state index in [0.717, 1.165) is 5.56 Å². The van der Waals surface area contributed by atoms with E-state index < -0.39 is 21.7 Å². The molecule has 6 heteroatoms. The third-order valence-corrected chi connectivity index (χ3v) is 4.24. The minimum absolute atomic E-state index is 0.0744. The molecule has 0 atom stereocenters. The summed E-state index contributed by atoms with van der Waals surface area (Å²) in [6.45, 7) is 0. The van der Waals surface area contributed by atoms with Gasteiger partial charge in [0.2, 0.25) is 0 Å². The van der Waals surface area contributed by atoms with Crippen molar-refractivity contribution in [2.24, 2.45) is 0 Å². The van der Waals surface area contributed by atoms with Crippen LogP contribution in [0.25, 0.3) is 11.3 Å². The fourth-order valence-electron chi connectivity index (χ4n) is 1.41. The molecule has 0 aliphatic heterocycles. The second-order valence-corrected chi connectivity index (χ2v) is 5.73. The van der Waals surface area contributed by atoms with Gasteiger partial charge in [-0.15, -0.1) is 0 Å². The molecule has 0 saturated carbocycles. The van der Waals surface area contributed by atoms with Crippen molar-refractivity contribution in [3.05, 3.63) is 42.1 Å². The van der Waals surface area contributed by atoms with Crippen molar-refractivity contribution >= 4 is 26.3 Å². The van der Waals surface area contributed by atoms with Crippen molar-refractivity contribution in [2.45, 2.75) is 5.21 Å². The fraction of sp³-hybridized carbons (Fsp3) is 0.0833. The second-order valence-electron chi connectivity index (χ2n) is 3.55. The van der Waals surface area contributed by atoms with Crippen LogP contribution in [0.5, 0.6) is 0 Å². The number of benzene rings is 1. The van der Waals surface area contributed by atoms with E-state index in [4.69, 9.17) is 5.11 Å². The fourth-order valence-corrected chi connectivity index (χ4v) is 2.60. The number of carboxylic acids is 1. The Hall–Kier alpha value is -1.87. The Kier molecular flexibility index (Phi) is 3.95. The summed E-state index contributed by atoms with van der Waals surface area (Å²) in [5.74, 6) is -0.939. The quantitative estimate of drug-likeness (QED) is 0.819. The second kappa shape index (κ2) is 5.65. The van der Waals surface area contributed by atoms with Crippen LogP contribution in [0.4, 0.5) is 0 Å². The zero-order chi connectivity index (χ0) is 13.0. The topological polar surface area (TPSA) is 83.0 Å². The Labute approximate surface area is 110 Å². The zero-order valence-corrected chi connectivity index (χ0v) is 11.2. The van der Waals surface area contributed by atoms with Gasteiger partial charge in [0.1, 0.15) is 0 Å². The van der Waals surface area contributed by atoms with E-state index in [1.165, 1.54) is 0 Å². The summed E-state index contributed by atoms with van der Waals surface area (Å²) in [5.41, 5.74) is 1.99. The average Bonchev–Trinajstić information content (AvgIpc) is 2.86. The molecule has 0 aliphatic carbocycles. The minimum atomic E-state index is -0.939. The normalized spacial score (nSPS) is 10.9. The maximum atomic E-state index is 11.7. The van der Waals surface area contributed by atoms with Gasteiger partial charge in [-0.2, -0.15) is 0 Å². The van der Waals surface area contributed by atoms with Crippen LogP contribution in [0.2, 0.25) is 5.21 Å². The van der Waals surface area contributed by atoms with Gasteiger partial charge in [-0.1, -0.05) is 0 Å². The number of H-pyrrole nitrogens is 1. The van der Waals surface area contributed by atoms with Crippen LogP contribution in [0, 0.1) is 0 Å². The summed E-state index contributed by atoms with van der Waals surface area (Å²) in [4.78, 5) is 22.1. The monoisotopic (exact) mass is 305 g/mol. The van der Waals surface area contributed by atoms with Crippen LogP contribution in [0.15, 0.2) is 36.4 Å². The molecule has 1 aromatic carbocycles. The van der Waals surface area contributed by atoms with E-state index in [-0.39, 0.29) is 9.78 Å². The molecule has 5 nitrogen and oxygen atoms in total.